The van der Waals surface area contributed by atoms with Crippen molar-refractivity contribution in [2.45, 2.75) is 32.5 Å². The smallest absolute Gasteiger partial charge is 0.141 e. The number of hydrogen-bond acceptors (Lipinski definition) is 5. The molecule has 1 fully saturated rings. The molecule has 1 aromatic carbocycles. The van der Waals surface area contributed by atoms with Gasteiger partial charge in [0.25, 0.3) is 0 Å². The van der Waals surface area contributed by atoms with E-state index in [1.807, 2.05) is 0 Å². The van der Waals surface area contributed by atoms with Crippen molar-refractivity contribution in [3.8, 4) is 0 Å². The first-order valence-electron chi connectivity index (χ1n) is 8.54. The summed E-state index contributed by atoms with van der Waals surface area (Å²) < 4.78 is 19.3. The molecule has 3 heterocycles. The van der Waals surface area contributed by atoms with Gasteiger partial charge >= 0.3 is 0 Å². The zero-order valence-electron chi connectivity index (χ0n) is 14.3. The predicted octanol–water partition coefficient (Wildman–Crippen LogP) is 4.36. The molecule has 0 radical (unpaired) electrons. The van der Waals surface area contributed by atoms with Crippen LogP contribution in [0.3, 0.4) is 0 Å². The highest BCUT2D eigenvalue weighted by atomic mass is 32.1. The summed E-state index contributed by atoms with van der Waals surface area (Å²) in [5.41, 5.74) is 0.990. The normalized spacial score (nSPS) is 21.0. The van der Waals surface area contributed by atoms with Gasteiger partial charge < -0.3 is 9.64 Å². The van der Waals surface area contributed by atoms with Gasteiger partial charge in [0.2, 0.25) is 0 Å². The number of thiophene rings is 1. The number of ether oxygens (including phenoxy) is 1. The highest BCUT2D eigenvalue weighted by molar-refractivity contribution is 7.16. The highest BCUT2D eigenvalue weighted by Crippen LogP contribution is 2.33. The van der Waals surface area contributed by atoms with Gasteiger partial charge in [-0.3, -0.25) is 0 Å². The van der Waals surface area contributed by atoms with E-state index in [4.69, 9.17) is 9.72 Å². The quantitative estimate of drug-likeness (QED) is 0.698. The number of anilines is 1. The number of rotatable bonds is 3. The second-order valence-electron chi connectivity index (χ2n) is 6.35. The average molecular weight is 357 g/mol. The lowest BCUT2D eigenvalue weighted by atomic mass is 10.1. The average Bonchev–Trinajstić information content (AvgIpc) is 3.09. The summed E-state index contributed by atoms with van der Waals surface area (Å²) in [4.78, 5) is 12.7. The van der Waals surface area contributed by atoms with Gasteiger partial charge in [-0.1, -0.05) is 19.1 Å². The van der Waals surface area contributed by atoms with Gasteiger partial charge in [-0.05, 0) is 36.1 Å². The van der Waals surface area contributed by atoms with Crippen LogP contribution in [-0.4, -0.2) is 29.2 Å². The first kappa shape index (κ1) is 16.4. The number of nitrogens with zero attached hydrogens (tertiary/aromatic N) is 3. The second-order valence-corrected chi connectivity index (χ2v) is 7.24. The fraction of sp³-hybridized carbons (Fsp3) is 0.368. The summed E-state index contributed by atoms with van der Waals surface area (Å²) in [5.74, 6) is 1.61. The molecule has 2 aromatic heterocycles. The number of morpholine rings is 1. The molecule has 25 heavy (non-hydrogen) atoms. The van der Waals surface area contributed by atoms with Crippen LogP contribution in [-0.2, 0) is 11.2 Å². The van der Waals surface area contributed by atoms with Crippen molar-refractivity contribution in [3.05, 3.63) is 52.9 Å². The molecular formula is C19H20FN3OS. The molecule has 0 saturated carbocycles. The maximum absolute atomic E-state index is 13.2. The zero-order chi connectivity index (χ0) is 17.4. The van der Waals surface area contributed by atoms with Crippen molar-refractivity contribution in [3.63, 3.8) is 0 Å². The standard InChI is InChI=1S/C19H20FN3OS/c1-3-17-21-18(15-8-9-25-19(15)22-17)23-10-12(2)24-16(11-23)13-4-6-14(20)7-5-13/h4-9,12,16H,3,10-11H2,1-2H3. The minimum absolute atomic E-state index is 0.0672. The Labute approximate surface area is 150 Å². The Bertz CT molecular complexity index is 880. The first-order valence-corrected chi connectivity index (χ1v) is 9.42. The zero-order valence-corrected chi connectivity index (χ0v) is 15.1. The minimum atomic E-state index is -0.229. The molecule has 3 aromatic rings. The van der Waals surface area contributed by atoms with Crippen molar-refractivity contribution >= 4 is 27.4 Å². The van der Waals surface area contributed by atoms with Gasteiger partial charge in [0.15, 0.2) is 0 Å². The lowest BCUT2D eigenvalue weighted by Crippen LogP contribution is -2.43. The van der Waals surface area contributed by atoms with Crippen LogP contribution in [0, 0.1) is 5.82 Å². The Hall–Kier alpha value is -2.05. The molecule has 2 atom stereocenters. The van der Waals surface area contributed by atoms with E-state index in [1.54, 1.807) is 23.5 Å². The van der Waals surface area contributed by atoms with Crippen LogP contribution in [0.2, 0.25) is 0 Å². The van der Waals surface area contributed by atoms with Gasteiger partial charge in [-0.15, -0.1) is 11.3 Å². The maximum Gasteiger partial charge on any atom is 0.141 e. The summed E-state index contributed by atoms with van der Waals surface area (Å²) in [6, 6.07) is 8.65. The minimum Gasteiger partial charge on any atom is -0.367 e. The summed E-state index contributed by atoms with van der Waals surface area (Å²) in [5, 5.41) is 3.15. The highest BCUT2D eigenvalue weighted by Gasteiger charge is 2.28. The summed E-state index contributed by atoms with van der Waals surface area (Å²) in [7, 11) is 0. The van der Waals surface area contributed by atoms with Crippen LogP contribution in [0.1, 0.15) is 31.3 Å². The molecule has 1 aliphatic rings. The molecule has 0 N–H and O–H groups in total. The Morgan fingerprint density at radius 2 is 2.00 bits per heavy atom. The van der Waals surface area contributed by atoms with Crippen molar-refractivity contribution in [2.24, 2.45) is 0 Å². The van der Waals surface area contributed by atoms with Gasteiger partial charge in [0, 0.05) is 19.5 Å². The number of benzene rings is 1. The summed E-state index contributed by atoms with van der Waals surface area (Å²) >= 11 is 1.64. The maximum atomic E-state index is 13.2. The Balaban J connectivity index is 1.70. The molecule has 1 aliphatic heterocycles. The predicted molar refractivity (Wildman–Crippen MR) is 98.7 cm³/mol. The van der Waals surface area contributed by atoms with Gasteiger partial charge in [-0.25, -0.2) is 14.4 Å². The van der Waals surface area contributed by atoms with Gasteiger partial charge in [0.1, 0.15) is 28.4 Å². The van der Waals surface area contributed by atoms with Gasteiger partial charge in [0.05, 0.1) is 11.5 Å². The van der Waals surface area contributed by atoms with E-state index in [0.717, 1.165) is 40.4 Å². The molecule has 0 spiro atoms. The molecule has 4 rings (SSSR count). The van der Waals surface area contributed by atoms with E-state index < -0.39 is 0 Å². The molecule has 0 bridgehead atoms. The third-order valence-corrected chi connectivity index (χ3v) is 5.28. The second kappa shape index (κ2) is 6.69. The molecule has 130 valence electrons. The Morgan fingerprint density at radius 3 is 2.76 bits per heavy atom. The third kappa shape index (κ3) is 3.24. The topological polar surface area (TPSA) is 38.2 Å². The van der Waals surface area contributed by atoms with E-state index in [0.29, 0.717) is 6.54 Å². The van der Waals surface area contributed by atoms with E-state index in [-0.39, 0.29) is 18.0 Å². The fourth-order valence-corrected chi connectivity index (χ4v) is 4.05. The van der Waals surface area contributed by atoms with E-state index in [1.165, 1.54) is 12.1 Å². The van der Waals surface area contributed by atoms with Crippen LogP contribution in [0.5, 0.6) is 0 Å². The van der Waals surface area contributed by atoms with Crippen molar-refractivity contribution in [2.75, 3.05) is 18.0 Å². The van der Waals surface area contributed by atoms with E-state index in [2.05, 4.69) is 35.2 Å². The third-order valence-electron chi connectivity index (χ3n) is 4.47. The van der Waals surface area contributed by atoms with Crippen LogP contribution in [0.15, 0.2) is 35.7 Å². The van der Waals surface area contributed by atoms with E-state index >= 15 is 0 Å². The molecular weight excluding hydrogens is 337 g/mol. The monoisotopic (exact) mass is 357 g/mol. The molecule has 4 nitrogen and oxygen atoms in total. The van der Waals surface area contributed by atoms with Gasteiger partial charge in [-0.2, -0.15) is 0 Å². The molecule has 6 heteroatoms. The SMILES string of the molecule is CCc1nc(N2CC(C)OC(c3ccc(F)cc3)C2)c2ccsc2n1. The van der Waals surface area contributed by atoms with E-state index in [9.17, 15) is 4.39 Å². The molecule has 2 unspecified atom stereocenters. The Kier molecular flexibility index (Phi) is 4.39. The number of hydrogen-bond donors (Lipinski definition) is 0. The Morgan fingerprint density at radius 1 is 1.20 bits per heavy atom. The molecule has 0 amide bonds. The summed E-state index contributed by atoms with van der Waals surface area (Å²) in [6.07, 6.45) is 0.776. The summed E-state index contributed by atoms with van der Waals surface area (Å²) in [6.45, 7) is 5.61. The van der Waals surface area contributed by atoms with Crippen LogP contribution >= 0.6 is 11.3 Å². The molecule has 0 aliphatic carbocycles. The van der Waals surface area contributed by atoms with Crippen LogP contribution in [0.25, 0.3) is 10.2 Å². The van der Waals surface area contributed by atoms with Crippen molar-refractivity contribution in [1.29, 1.82) is 0 Å². The largest absolute Gasteiger partial charge is 0.367 e. The lowest BCUT2D eigenvalue weighted by Gasteiger charge is -2.38. The first-order chi connectivity index (χ1) is 12.1. The van der Waals surface area contributed by atoms with Crippen LogP contribution < -0.4 is 4.90 Å². The number of aryl methyl sites for hydroxylation is 1. The van der Waals surface area contributed by atoms with Crippen molar-refractivity contribution < 1.29 is 9.13 Å². The lowest BCUT2D eigenvalue weighted by molar-refractivity contribution is -0.0175. The number of aromatic nitrogens is 2. The number of halogens is 1. The van der Waals surface area contributed by atoms with Crippen LogP contribution in [0.4, 0.5) is 10.2 Å². The molecule has 1 saturated heterocycles. The van der Waals surface area contributed by atoms with Crippen molar-refractivity contribution in [1.82, 2.24) is 9.97 Å². The fourth-order valence-electron chi connectivity index (χ4n) is 3.27. The number of fused-ring (bicyclic) bond motifs is 1.